The Balaban J connectivity index is 2.21. The van der Waals surface area contributed by atoms with Gasteiger partial charge in [0.25, 0.3) is 0 Å². The van der Waals surface area contributed by atoms with Crippen molar-refractivity contribution in [1.82, 2.24) is 9.97 Å². The molecule has 6 heteroatoms. The van der Waals surface area contributed by atoms with Gasteiger partial charge in [-0.15, -0.1) is 11.3 Å². The van der Waals surface area contributed by atoms with Gasteiger partial charge in [0.1, 0.15) is 22.3 Å². The lowest BCUT2D eigenvalue weighted by molar-refractivity contribution is 1.25. The van der Waals surface area contributed by atoms with E-state index in [9.17, 15) is 5.26 Å². The number of hydrogen-bond acceptors (Lipinski definition) is 5. The lowest BCUT2D eigenvalue weighted by atomic mass is 10.00. The highest BCUT2D eigenvalue weighted by Gasteiger charge is 2.20. The van der Waals surface area contributed by atoms with Crippen molar-refractivity contribution in [3.8, 4) is 17.2 Å². The number of halogens is 1. The number of nitriles is 1. The van der Waals surface area contributed by atoms with Crippen LogP contribution in [0.1, 0.15) is 16.8 Å². The number of pyridine rings is 2. The second-order valence-electron chi connectivity index (χ2n) is 5.91. The summed E-state index contributed by atoms with van der Waals surface area (Å²) in [6.07, 6.45) is 0. The van der Waals surface area contributed by atoms with Crippen LogP contribution in [-0.2, 0) is 0 Å². The minimum Gasteiger partial charge on any atom is -0.383 e. The molecule has 2 N–H and O–H groups in total. The normalized spacial score (nSPS) is 11.1. The third-order valence-electron chi connectivity index (χ3n) is 4.17. The van der Waals surface area contributed by atoms with Gasteiger partial charge in [-0.3, -0.25) is 0 Å². The van der Waals surface area contributed by atoms with Gasteiger partial charge in [-0.25, -0.2) is 9.97 Å². The molecule has 4 rings (SSSR count). The molecule has 0 unspecified atom stereocenters. The molecular weight excluding hydrogens is 352 g/mol. The summed E-state index contributed by atoms with van der Waals surface area (Å²) < 4.78 is 0.921. The number of benzene rings is 1. The minimum absolute atomic E-state index is 0.236. The maximum absolute atomic E-state index is 9.64. The SMILES string of the molecule is Cc1cc(C)c2c(n1)sc1c(-c3ccc(Cl)cc3)c(C#N)c(N)nc12. The number of nitrogens with zero attached hydrogens (tertiary/aromatic N) is 3. The number of rotatable bonds is 1. The van der Waals surface area contributed by atoms with Crippen LogP contribution in [0.25, 0.3) is 31.6 Å². The Bertz CT molecular complexity index is 1190. The first kappa shape index (κ1) is 15.8. The van der Waals surface area contributed by atoms with Gasteiger partial charge in [0.2, 0.25) is 0 Å². The van der Waals surface area contributed by atoms with Crippen molar-refractivity contribution in [3.05, 3.63) is 52.2 Å². The van der Waals surface area contributed by atoms with Gasteiger partial charge in [0.05, 0.1) is 10.2 Å². The van der Waals surface area contributed by atoms with Crippen LogP contribution in [0.3, 0.4) is 0 Å². The molecule has 0 atom stereocenters. The molecular formula is C19H13ClN4S. The van der Waals surface area contributed by atoms with E-state index in [1.165, 1.54) is 0 Å². The molecule has 1 aromatic carbocycles. The molecule has 0 amide bonds. The highest BCUT2D eigenvalue weighted by Crippen LogP contribution is 2.42. The number of fused-ring (bicyclic) bond motifs is 3. The van der Waals surface area contributed by atoms with Crippen LogP contribution in [0.15, 0.2) is 30.3 Å². The number of aromatic nitrogens is 2. The van der Waals surface area contributed by atoms with Gasteiger partial charge in [-0.1, -0.05) is 23.7 Å². The first-order valence-corrected chi connectivity index (χ1v) is 8.85. The van der Waals surface area contributed by atoms with E-state index in [4.69, 9.17) is 17.3 Å². The smallest absolute Gasteiger partial charge is 0.142 e. The molecule has 0 aliphatic carbocycles. The number of aryl methyl sites for hydroxylation is 2. The molecule has 122 valence electrons. The van der Waals surface area contributed by atoms with E-state index < -0.39 is 0 Å². The fraction of sp³-hybridized carbons (Fsp3) is 0.105. The molecule has 0 saturated heterocycles. The Morgan fingerprint density at radius 3 is 2.56 bits per heavy atom. The molecule has 3 heterocycles. The third kappa shape index (κ3) is 2.42. The summed E-state index contributed by atoms with van der Waals surface area (Å²) in [5.41, 5.74) is 11.0. The third-order valence-corrected chi connectivity index (χ3v) is 5.51. The lowest BCUT2D eigenvalue weighted by Gasteiger charge is -2.08. The molecule has 25 heavy (non-hydrogen) atoms. The molecule has 0 saturated carbocycles. The van der Waals surface area contributed by atoms with Gasteiger partial charge in [0.15, 0.2) is 0 Å². The van der Waals surface area contributed by atoms with Crippen LogP contribution in [0, 0.1) is 25.2 Å². The molecule has 0 radical (unpaired) electrons. The van der Waals surface area contributed by atoms with Crippen molar-refractivity contribution < 1.29 is 0 Å². The van der Waals surface area contributed by atoms with E-state index in [1.807, 2.05) is 44.2 Å². The van der Waals surface area contributed by atoms with Crippen molar-refractivity contribution in [2.75, 3.05) is 5.73 Å². The van der Waals surface area contributed by atoms with Crippen molar-refractivity contribution in [2.24, 2.45) is 0 Å². The largest absolute Gasteiger partial charge is 0.383 e. The van der Waals surface area contributed by atoms with Gasteiger partial charge in [-0.2, -0.15) is 5.26 Å². The summed E-state index contributed by atoms with van der Waals surface area (Å²) in [6, 6.07) is 11.6. The first-order valence-electron chi connectivity index (χ1n) is 7.65. The van der Waals surface area contributed by atoms with Crippen molar-refractivity contribution in [3.63, 3.8) is 0 Å². The standard InChI is InChI=1S/C19H13ClN4S/c1-9-7-10(2)23-19-14(9)16-17(25-19)15(13(8-21)18(22)24-16)11-3-5-12(20)6-4-11/h3-7H,1-2H3,(H2,22,24). The predicted molar refractivity (Wildman–Crippen MR) is 104 cm³/mol. The van der Waals surface area contributed by atoms with Crippen LogP contribution in [-0.4, -0.2) is 9.97 Å². The van der Waals surface area contributed by atoms with Crippen LogP contribution < -0.4 is 5.73 Å². The summed E-state index contributed by atoms with van der Waals surface area (Å²) in [5, 5.41) is 11.3. The molecule has 0 bridgehead atoms. The number of hydrogen-bond donors (Lipinski definition) is 1. The average Bonchev–Trinajstić information content (AvgIpc) is 2.92. The Morgan fingerprint density at radius 2 is 1.88 bits per heavy atom. The Morgan fingerprint density at radius 1 is 1.16 bits per heavy atom. The summed E-state index contributed by atoms with van der Waals surface area (Å²) in [6.45, 7) is 4.01. The molecule has 4 aromatic rings. The van der Waals surface area contributed by atoms with Crippen LogP contribution in [0.2, 0.25) is 5.02 Å². The first-order chi connectivity index (χ1) is 12.0. The number of anilines is 1. The van der Waals surface area contributed by atoms with Crippen LogP contribution in [0.5, 0.6) is 0 Å². The van der Waals surface area contributed by atoms with Crippen LogP contribution >= 0.6 is 22.9 Å². The number of nitrogen functional groups attached to an aromatic ring is 1. The molecule has 0 aliphatic rings. The Hall–Kier alpha value is -2.68. The fourth-order valence-electron chi connectivity index (χ4n) is 3.12. The summed E-state index contributed by atoms with van der Waals surface area (Å²) in [4.78, 5) is 10.1. The van der Waals surface area contributed by atoms with E-state index in [0.717, 1.165) is 42.8 Å². The molecule has 0 spiro atoms. The highest BCUT2D eigenvalue weighted by atomic mass is 35.5. The Labute approximate surface area is 153 Å². The zero-order chi connectivity index (χ0) is 17.7. The predicted octanol–water partition coefficient (Wildman–Crippen LogP) is 5.24. The van der Waals surface area contributed by atoms with Crippen molar-refractivity contribution >= 4 is 49.2 Å². The topological polar surface area (TPSA) is 75.6 Å². The van der Waals surface area contributed by atoms with E-state index in [0.29, 0.717) is 10.6 Å². The summed E-state index contributed by atoms with van der Waals surface area (Å²) in [7, 11) is 0. The summed E-state index contributed by atoms with van der Waals surface area (Å²) >= 11 is 7.56. The average molecular weight is 365 g/mol. The van der Waals surface area contributed by atoms with Gasteiger partial charge in [0, 0.05) is 21.7 Å². The lowest BCUT2D eigenvalue weighted by Crippen LogP contribution is -1.98. The van der Waals surface area contributed by atoms with E-state index in [1.54, 1.807) is 11.3 Å². The quantitative estimate of drug-likeness (QED) is 0.501. The van der Waals surface area contributed by atoms with Gasteiger partial charge < -0.3 is 5.73 Å². The Kier molecular flexibility index (Phi) is 3.60. The summed E-state index contributed by atoms with van der Waals surface area (Å²) in [5.74, 6) is 0.236. The van der Waals surface area contributed by atoms with Crippen LogP contribution in [0.4, 0.5) is 5.82 Å². The molecule has 0 aliphatic heterocycles. The molecule has 0 fully saturated rings. The second-order valence-corrected chi connectivity index (χ2v) is 7.34. The van der Waals surface area contributed by atoms with Crippen molar-refractivity contribution in [1.29, 1.82) is 5.26 Å². The maximum atomic E-state index is 9.64. The van der Waals surface area contributed by atoms with Gasteiger partial charge >= 0.3 is 0 Å². The molecule has 4 nitrogen and oxygen atoms in total. The number of thiophene rings is 1. The molecule has 3 aromatic heterocycles. The van der Waals surface area contributed by atoms with E-state index in [2.05, 4.69) is 16.0 Å². The zero-order valence-corrected chi connectivity index (χ0v) is 15.2. The number of nitrogens with two attached hydrogens (primary N) is 1. The van der Waals surface area contributed by atoms with Crippen molar-refractivity contribution in [2.45, 2.75) is 13.8 Å². The highest BCUT2D eigenvalue weighted by molar-refractivity contribution is 7.26. The monoisotopic (exact) mass is 364 g/mol. The maximum Gasteiger partial charge on any atom is 0.142 e. The second kappa shape index (κ2) is 5.69. The van der Waals surface area contributed by atoms with Gasteiger partial charge in [-0.05, 0) is 43.2 Å². The zero-order valence-electron chi connectivity index (χ0n) is 13.6. The fourth-order valence-corrected chi connectivity index (χ4v) is 4.56. The van der Waals surface area contributed by atoms with E-state index in [-0.39, 0.29) is 5.82 Å². The van der Waals surface area contributed by atoms with E-state index >= 15 is 0 Å². The minimum atomic E-state index is 0.236.